The summed E-state index contributed by atoms with van der Waals surface area (Å²) in [5, 5.41) is 0. The smallest absolute Gasteiger partial charge is 0.0353 e. The summed E-state index contributed by atoms with van der Waals surface area (Å²) in [5.41, 5.74) is 0. The van der Waals surface area contributed by atoms with Crippen LogP contribution in [0.3, 0.4) is 0 Å². The lowest BCUT2D eigenvalue weighted by Crippen LogP contribution is -1.96. The fraction of sp³-hybridized carbons (Fsp3) is 0.900. The molecule has 0 N–H and O–H groups in total. The molecule has 0 bridgehead atoms. The van der Waals surface area contributed by atoms with Crippen LogP contribution in [0.15, 0.2) is 12.7 Å². The number of allylic oxidation sites excluding steroid dienone is 1. The van der Waals surface area contributed by atoms with Crippen molar-refractivity contribution in [1.82, 2.24) is 0 Å². The number of hydrogen-bond donors (Lipinski definition) is 0. The zero-order valence-electron chi connectivity index (χ0n) is 14.6. The molecule has 0 aromatic carbocycles. The average Bonchev–Trinajstić information content (AvgIpc) is 2.44. The first kappa shape index (κ1) is 19.7. The molecule has 20 heavy (non-hydrogen) atoms. The van der Waals surface area contributed by atoms with Gasteiger partial charge >= 0.3 is 0 Å². The Hall–Kier alpha value is -0.260. The minimum atomic E-state index is 0.920. The maximum atomic E-state index is 3.79. The van der Waals surface area contributed by atoms with E-state index in [4.69, 9.17) is 0 Å². The summed E-state index contributed by atoms with van der Waals surface area (Å²) in [6.07, 6.45) is 20.4. The van der Waals surface area contributed by atoms with E-state index in [2.05, 4.69) is 27.4 Å². The third-order valence-electron chi connectivity index (χ3n) is 4.55. The molecule has 0 rings (SSSR count). The van der Waals surface area contributed by atoms with Crippen molar-refractivity contribution >= 4 is 0 Å². The molecule has 0 aliphatic heterocycles. The summed E-state index contributed by atoms with van der Waals surface area (Å²) in [7, 11) is 0. The van der Waals surface area contributed by atoms with Crippen LogP contribution in [0.25, 0.3) is 0 Å². The number of rotatable bonds is 15. The summed E-state index contributed by atoms with van der Waals surface area (Å²) in [6.45, 7) is 10.9. The summed E-state index contributed by atoms with van der Waals surface area (Å²) < 4.78 is 0. The van der Waals surface area contributed by atoms with Gasteiger partial charge < -0.3 is 0 Å². The molecule has 0 radical (unpaired) electrons. The molecule has 0 saturated carbocycles. The molecule has 0 fully saturated rings. The van der Waals surface area contributed by atoms with E-state index in [1.165, 1.54) is 83.5 Å². The van der Waals surface area contributed by atoms with E-state index in [0.29, 0.717) is 0 Å². The minimum Gasteiger partial charge on any atom is -0.103 e. The Kier molecular flexibility index (Phi) is 14.9. The molecular formula is C20H40. The first-order chi connectivity index (χ1) is 9.70. The monoisotopic (exact) mass is 280 g/mol. The van der Waals surface area contributed by atoms with Crippen LogP contribution >= 0.6 is 0 Å². The van der Waals surface area contributed by atoms with Crippen molar-refractivity contribution in [1.29, 1.82) is 0 Å². The zero-order valence-corrected chi connectivity index (χ0v) is 14.6. The van der Waals surface area contributed by atoms with Crippen molar-refractivity contribution in [3.8, 4) is 0 Å². The number of hydrogen-bond acceptors (Lipinski definition) is 0. The maximum absolute atomic E-state index is 3.79. The fourth-order valence-electron chi connectivity index (χ4n) is 2.97. The van der Waals surface area contributed by atoms with E-state index in [-0.39, 0.29) is 0 Å². The van der Waals surface area contributed by atoms with Crippen LogP contribution in [0.1, 0.15) is 104 Å². The van der Waals surface area contributed by atoms with Gasteiger partial charge in [-0.25, -0.2) is 0 Å². The Bertz CT molecular complexity index is 194. The highest BCUT2D eigenvalue weighted by Gasteiger charge is 2.03. The van der Waals surface area contributed by atoms with Gasteiger partial charge in [-0.15, -0.1) is 6.58 Å². The number of unbranched alkanes of at least 4 members (excludes halogenated alkanes) is 6. The Balaban J connectivity index is 3.21. The van der Waals surface area contributed by atoms with Crippen molar-refractivity contribution in [3.63, 3.8) is 0 Å². The Morgan fingerprint density at radius 2 is 1.15 bits per heavy atom. The first-order valence-corrected chi connectivity index (χ1v) is 9.31. The van der Waals surface area contributed by atoms with Gasteiger partial charge in [-0.2, -0.15) is 0 Å². The molecule has 0 aromatic heterocycles. The van der Waals surface area contributed by atoms with Gasteiger partial charge in [-0.3, -0.25) is 0 Å². The van der Waals surface area contributed by atoms with Gasteiger partial charge in [0.05, 0.1) is 0 Å². The van der Waals surface area contributed by atoms with E-state index in [9.17, 15) is 0 Å². The molecule has 0 heteroatoms. The van der Waals surface area contributed by atoms with Gasteiger partial charge in [0.25, 0.3) is 0 Å². The lowest BCUT2D eigenvalue weighted by atomic mass is 9.95. The zero-order chi connectivity index (χ0) is 15.1. The fourth-order valence-corrected chi connectivity index (χ4v) is 2.97. The lowest BCUT2D eigenvalue weighted by molar-refractivity contribution is 0.426. The Labute approximate surface area is 129 Å². The van der Waals surface area contributed by atoms with Crippen molar-refractivity contribution in [2.24, 2.45) is 11.8 Å². The normalized spacial score (nSPS) is 14.2. The average molecular weight is 281 g/mol. The van der Waals surface area contributed by atoms with Crippen LogP contribution in [0.4, 0.5) is 0 Å². The van der Waals surface area contributed by atoms with Crippen LogP contribution in [-0.2, 0) is 0 Å². The second kappa shape index (κ2) is 15.1. The Morgan fingerprint density at radius 1 is 0.700 bits per heavy atom. The second-order valence-electron chi connectivity index (χ2n) is 6.92. The molecule has 120 valence electrons. The molecule has 0 nitrogen and oxygen atoms in total. The quantitative estimate of drug-likeness (QED) is 0.215. The van der Waals surface area contributed by atoms with Gasteiger partial charge in [0.2, 0.25) is 0 Å². The largest absolute Gasteiger partial charge is 0.103 e. The highest BCUT2D eigenvalue weighted by molar-refractivity contribution is 4.66. The second-order valence-corrected chi connectivity index (χ2v) is 6.92. The molecule has 0 amide bonds. The molecule has 0 heterocycles. The molecule has 0 aromatic rings. The standard InChI is InChI=1S/C20H40/c1-5-7-12-16-20(4)18-14-11-9-10-13-17-19(3)15-8-6-2/h5,19-20H,1,6-18H2,2-4H3. The predicted octanol–water partition coefficient (Wildman–Crippen LogP) is 7.54. The first-order valence-electron chi connectivity index (χ1n) is 9.31. The van der Waals surface area contributed by atoms with Gasteiger partial charge in [0.15, 0.2) is 0 Å². The summed E-state index contributed by atoms with van der Waals surface area (Å²) >= 11 is 0. The molecule has 0 spiro atoms. The molecule has 0 saturated heterocycles. The summed E-state index contributed by atoms with van der Waals surface area (Å²) in [4.78, 5) is 0. The van der Waals surface area contributed by atoms with Gasteiger partial charge in [0.1, 0.15) is 0 Å². The topological polar surface area (TPSA) is 0 Å². The van der Waals surface area contributed by atoms with Crippen LogP contribution in [-0.4, -0.2) is 0 Å². The van der Waals surface area contributed by atoms with E-state index in [1.54, 1.807) is 0 Å². The van der Waals surface area contributed by atoms with Crippen molar-refractivity contribution in [2.75, 3.05) is 0 Å². The third-order valence-corrected chi connectivity index (χ3v) is 4.55. The van der Waals surface area contributed by atoms with Crippen LogP contribution < -0.4 is 0 Å². The molecular weight excluding hydrogens is 240 g/mol. The van der Waals surface area contributed by atoms with Gasteiger partial charge in [0, 0.05) is 0 Å². The van der Waals surface area contributed by atoms with Crippen LogP contribution in [0, 0.1) is 11.8 Å². The highest BCUT2D eigenvalue weighted by atomic mass is 14.1. The predicted molar refractivity (Wildman–Crippen MR) is 94.2 cm³/mol. The highest BCUT2D eigenvalue weighted by Crippen LogP contribution is 2.19. The van der Waals surface area contributed by atoms with E-state index < -0.39 is 0 Å². The SMILES string of the molecule is C=CCCCC(C)CCCCCCCC(C)CCCC. The molecule has 2 atom stereocenters. The lowest BCUT2D eigenvalue weighted by Gasteiger charge is -2.11. The molecule has 0 aliphatic rings. The maximum Gasteiger partial charge on any atom is -0.0353 e. The van der Waals surface area contributed by atoms with Crippen LogP contribution in [0.2, 0.25) is 0 Å². The minimum absolute atomic E-state index is 0.920. The van der Waals surface area contributed by atoms with E-state index in [1.807, 2.05) is 6.08 Å². The summed E-state index contributed by atoms with van der Waals surface area (Å²) in [5.74, 6) is 1.88. The van der Waals surface area contributed by atoms with Crippen LogP contribution in [0.5, 0.6) is 0 Å². The molecule has 0 aliphatic carbocycles. The van der Waals surface area contributed by atoms with Crippen molar-refractivity contribution in [2.45, 2.75) is 104 Å². The van der Waals surface area contributed by atoms with E-state index >= 15 is 0 Å². The van der Waals surface area contributed by atoms with Crippen molar-refractivity contribution in [3.05, 3.63) is 12.7 Å². The van der Waals surface area contributed by atoms with Crippen molar-refractivity contribution < 1.29 is 0 Å². The van der Waals surface area contributed by atoms with Gasteiger partial charge in [-0.1, -0.05) is 97.5 Å². The summed E-state index contributed by atoms with van der Waals surface area (Å²) in [6, 6.07) is 0. The van der Waals surface area contributed by atoms with E-state index in [0.717, 1.165) is 11.8 Å². The third kappa shape index (κ3) is 14.2. The Morgan fingerprint density at radius 3 is 1.65 bits per heavy atom. The molecule has 2 unspecified atom stereocenters. The van der Waals surface area contributed by atoms with Gasteiger partial charge in [-0.05, 0) is 24.7 Å².